The van der Waals surface area contributed by atoms with Gasteiger partial charge in [0.1, 0.15) is 0 Å². The van der Waals surface area contributed by atoms with E-state index in [0.29, 0.717) is 17.5 Å². The minimum absolute atomic E-state index is 0.0662. The predicted octanol–water partition coefficient (Wildman–Crippen LogP) is 3.91. The van der Waals surface area contributed by atoms with E-state index in [9.17, 15) is 4.79 Å². The van der Waals surface area contributed by atoms with Crippen molar-refractivity contribution < 1.29 is 4.79 Å². The molecule has 0 bridgehead atoms. The van der Waals surface area contributed by atoms with Crippen molar-refractivity contribution in [2.45, 2.75) is 6.54 Å². The standard InChI is InChI=1S/C17H14BrN3OS/c18-15-8-6-13(7-9-15)10-19-20-17-21(16(22)12-23-17)11-14-4-2-1-3-5-14/h1-10H,11-12H2/b19-10-,20-17-. The zero-order valence-electron chi connectivity index (χ0n) is 12.2. The molecule has 1 aliphatic rings. The number of carbonyl (C=O) groups is 1. The number of hydrogen-bond donors (Lipinski definition) is 0. The van der Waals surface area contributed by atoms with Crippen LogP contribution in [0.4, 0.5) is 0 Å². The molecular formula is C17H14BrN3OS. The lowest BCUT2D eigenvalue weighted by molar-refractivity contribution is -0.124. The molecule has 6 heteroatoms. The molecule has 1 aliphatic heterocycles. The third-order valence-corrected chi connectivity index (χ3v) is 4.74. The van der Waals surface area contributed by atoms with E-state index in [2.05, 4.69) is 26.1 Å². The fourth-order valence-corrected chi connectivity index (χ4v) is 3.19. The van der Waals surface area contributed by atoms with E-state index in [0.717, 1.165) is 15.6 Å². The first kappa shape index (κ1) is 16.0. The molecule has 4 nitrogen and oxygen atoms in total. The molecule has 0 unspecified atom stereocenters. The Hall–Kier alpha value is -1.92. The molecule has 1 fully saturated rings. The highest BCUT2D eigenvalue weighted by Gasteiger charge is 2.28. The van der Waals surface area contributed by atoms with Gasteiger partial charge < -0.3 is 0 Å². The Morgan fingerprint density at radius 1 is 1.13 bits per heavy atom. The quantitative estimate of drug-likeness (QED) is 0.589. The fourth-order valence-electron chi connectivity index (χ4n) is 2.09. The molecule has 0 atom stereocenters. The maximum atomic E-state index is 12.0. The number of thioether (sulfide) groups is 1. The number of benzene rings is 2. The van der Waals surface area contributed by atoms with Gasteiger partial charge >= 0.3 is 0 Å². The zero-order chi connectivity index (χ0) is 16.1. The first-order valence-corrected chi connectivity index (χ1v) is 8.84. The Kier molecular flexibility index (Phi) is 5.25. The molecule has 1 amide bonds. The van der Waals surface area contributed by atoms with E-state index in [1.165, 1.54) is 11.8 Å². The highest BCUT2D eigenvalue weighted by Crippen LogP contribution is 2.22. The Morgan fingerprint density at radius 2 is 1.87 bits per heavy atom. The van der Waals surface area contributed by atoms with Crippen LogP contribution < -0.4 is 0 Å². The molecule has 1 heterocycles. The third-order valence-electron chi connectivity index (χ3n) is 3.26. The molecule has 0 saturated carbocycles. The fraction of sp³-hybridized carbons (Fsp3) is 0.118. The summed E-state index contributed by atoms with van der Waals surface area (Å²) in [6.45, 7) is 0.527. The maximum Gasteiger partial charge on any atom is 0.239 e. The summed E-state index contributed by atoms with van der Waals surface area (Å²) in [5.74, 6) is 0.482. The summed E-state index contributed by atoms with van der Waals surface area (Å²) in [6.07, 6.45) is 1.68. The van der Waals surface area contributed by atoms with Crippen molar-refractivity contribution in [2.75, 3.05) is 5.75 Å². The van der Waals surface area contributed by atoms with Gasteiger partial charge in [-0.25, -0.2) is 0 Å². The van der Waals surface area contributed by atoms with Crippen LogP contribution in [0.2, 0.25) is 0 Å². The van der Waals surface area contributed by atoms with Crippen LogP contribution in [0.5, 0.6) is 0 Å². The highest BCUT2D eigenvalue weighted by atomic mass is 79.9. The van der Waals surface area contributed by atoms with Crippen molar-refractivity contribution in [3.63, 3.8) is 0 Å². The van der Waals surface area contributed by atoms with E-state index in [1.54, 1.807) is 11.1 Å². The van der Waals surface area contributed by atoms with E-state index >= 15 is 0 Å². The zero-order valence-corrected chi connectivity index (χ0v) is 14.6. The number of rotatable bonds is 4. The predicted molar refractivity (Wildman–Crippen MR) is 98.6 cm³/mol. The van der Waals surface area contributed by atoms with Crippen LogP contribution >= 0.6 is 27.7 Å². The number of nitrogens with zero attached hydrogens (tertiary/aromatic N) is 3. The maximum absolute atomic E-state index is 12.0. The molecule has 0 N–H and O–H groups in total. The van der Waals surface area contributed by atoms with Crippen LogP contribution in [0.3, 0.4) is 0 Å². The van der Waals surface area contributed by atoms with Gasteiger partial charge in [-0.2, -0.15) is 5.10 Å². The highest BCUT2D eigenvalue weighted by molar-refractivity contribution is 9.10. The van der Waals surface area contributed by atoms with Gasteiger partial charge in [-0.1, -0.05) is 70.2 Å². The summed E-state index contributed by atoms with van der Waals surface area (Å²) in [4.78, 5) is 13.7. The van der Waals surface area contributed by atoms with Crippen molar-refractivity contribution in [1.82, 2.24) is 4.90 Å². The molecule has 2 aromatic carbocycles. The Balaban J connectivity index is 1.72. The first-order chi connectivity index (χ1) is 11.2. The van der Waals surface area contributed by atoms with Gasteiger partial charge in [0.2, 0.25) is 5.91 Å². The van der Waals surface area contributed by atoms with Gasteiger partial charge in [0.25, 0.3) is 0 Å². The summed E-state index contributed by atoms with van der Waals surface area (Å²) >= 11 is 4.81. The van der Waals surface area contributed by atoms with Gasteiger partial charge in [-0.15, -0.1) is 5.10 Å². The molecule has 116 valence electrons. The summed E-state index contributed by atoms with van der Waals surface area (Å²) < 4.78 is 1.02. The van der Waals surface area contributed by atoms with Crippen molar-refractivity contribution in [3.05, 3.63) is 70.2 Å². The van der Waals surface area contributed by atoms with E-state index in [4.69, 9.17) is 0 Å². The molecule has 0 radical (unpaired) electrons. The molecule has 1 saturated heterocycles. The van der Waals surface area contributed by atoms with Gasteiger partial charge in [0.05, 0.1) is 18.5 Å². The van der Waals surface area contributed by atoms with Crippen LogP contribution in [0.15, 0.2) is 69.3 Å². The summed E-state index contributed by atoms with van der Waals surface area (Å²) in [7, 11) is 0. The van der Waals surface area contributed by atoms with Gasteiger partial charge in [-0.05, 0) is 23.3 Å². The van der Waals surface area contributed by atoms with Gasteiger partial charge in [0.15, 0.2) is 5.17 Å². The second-order valence-corrected chi connectivity index (χ2v) is 6.79. The summed E-state index contributed by atoms with van der Waals surface area (Å²) in [5.41, 5.74) is 2.04. The largest absolute Gasteiger partial charge is 0.285 e. The number of amides is 1. The number of hydrogen-bond acceptors (Lipinski definition) is 4. The van der Waals surface area contributed by atoms with Crippen LogP contribution in [-0.4, -0.2) is 27.9 Å². The normalized spacial score (nSPS) is 16.7. The minimum Gasteiger partial charge on any atom is -0.285 e. The Morgan fingerprint density at radius 3 is 2.61 bits per heavy atom. The summed E-state index contributed by atoms with van der Waals surface area (Å²) in [6, 6.07) is 17.7. The second-order valence-electron chi connectivity index (χ2n) is 4.93. The van der Waals surface area contributed by atoms with Gasteiger partial charge in [-0.3, -0.25) is 9.69 Å². The topological polar surface area (TPSA) is 45.0 Å². The van der Waals surface area contributed by atoms with Crippen molar-refractivity contribution in [3.8, 4) is 0 Å². The lowest BCUT2D eigenvalue weighted by Gasteiger charge is -2.14. The monoisotopic (exact) mass is 387 g/mol. The molecular weight excluding hydrogens is 374 g/mol. The van der Waals surface area contributed by atoms with Crippen LogP contribution in [0.1, 0.15) is 11.1 Å². The van der Waals surface area contributed by atoms with Crippen LogP contribution in [0.25, 0.3) is 0 Å². The molecule has 0 aliphatic carbocycles. The third kappa shape index (κ3) is 4.30. The first-order valence-electron chi connectivity index (χ1n) is 7.06. The van der Waals surface area contributed by atoms with Crippen molar-refractivity contribution >= 4 is 45.0 Å². The van der Waals surface area contributed by atoms with Crippen LogP contribution in [0, 0.1) is 0 Å². The van der Waals surface area contributed by atoms with Crippen LogP contribution in [-0.2, 0) is 11.3 Å². The van der Waals surface area contributed by atoms with Crippen molar-refractivity contribution in [1.29, 1.82) is 0 Å². The smallest absolute Gasteiger partial charge is 0.239 e. The number of halogens is 1. The SMILES string of the molecule is O=C1CS/C(=N\N=C/c2ccc(Br)cc2)N1Cc1ccccc1. The number of amidine groups is 1. The average Bonchev–Trinajstić information content (AvgIpc) is 2.91. The minimum atomic E-state index is 0.0662. The van der Waals surface area contributed by atoms with E-state index in [1.807, 2.05) is 54.6 Å². The van der Waals surface area contributed by atoms with Crippen molar-refractivity contribution in [2.24, 2.45) is 10.2 Å². The lowest BCUT2D eigenvalue weighted by atomic mass is 10.2. The summed E-state index contributed by atoms with van der Waals surface area (Å²) in [5, 5.41) is 8.97. The average molecular weight is 388 g/mol. The number of carbonyl (C=O) groups excluding carboxylic acids is 1. The lowest BCUT2D eigenvalue weighted by Crippen LogP contribution is -2.28. The Labute approximate surface area is 147 Å². The van der Waals surface area contributed by atoms with E-state index in [-0.39, 0.29) is 5.91 Å². The molecule has 0 aromatic heterocycles. The molecule has 3 rings (SSSR count). The second kappa shape index (κ2) is 7.57. The molecule has 2 aromatic rings. The molecule has 0 spiro atoms. The molecule has 23 heavy (non-hydrogen) atoms. The Bertz CT molecular complexity index is 744. The van der Waals surface area contributed by atoms with Gasteiger partial charge in [0, 0.05) is 4.47 Å². The van der Waals surface area contributed by atoms with E-state index < -0.39 is 0 Å².